The number of aromatic nitrogens is 4. The number of hydrogen-bond donors (Lipinski definition) is 1. The van der Waals surface area contributed by atoms with Crippen LogP contribution in [-0.2, 0) is 7.05 Å². The molecule has 1 atom stereocenters. The van der Waals surface area contributed by atoms with Crippen LogP contribution < -0.4 is 5.32 Å². The van der Waals surface area contributed by atoms with E-state index in [0.29, 0.717) is 6.04 Å². The summed E-state index contributed by atoms with van der Waals surface area (Å²) in [4.78, 5) is 1.10. The van der Waals surface area contributed by atoms with Crippen LogP contribution in [0, 0.1) is 0 Å². The van der Waals surface area contributed by atoms with Crippen molar-refractivity contribution in [3.63, 3.8) is 0 Å². The van der Waals surface area contributed by atoms with Crippen molar-refractivity contribution in [2.45, 2.75) is 23.0 Å². The number of tetrazole rings is 1. The highest BCUT2D eigenvalue weighted by Gasteiger charge is 2.10. The lowest BCUT2D eigenvalue weighted by molar-refractivity contribution is 0.651. The molecule has 0 saturated carbocycles. The van der Waals surface area contributed by atoms with Gasteiger partial charge in [-0.1, -0.05) is 6.07 Å². The lowest BCUT2D eigenvalue weighted by Crippen LogP contribution is -2.12. The van der Waals surface area contributed by atoms with Crippen LogP contribution in [-0.4, -0.2) is 27.3 Å². The SMILES string of the molecule is CNC(C)c1ccc(Sc2nnnn2C)c(Br)c1. The van der Waals surface area contributed by atoms with Crippen molar-refractivity contribution < 1.29 is 0 Å². The van der Waals surface area contributed by atoms with E-state index in [1.165, 1.54) is 17.3 Å². The monoisotopic (exact) mass is 327 g/mol. The molecular formula is C11H14BrN5S. The predicted molar refractivity (Wildman–Crippen MR) is 74.5 cm³/mol. The highest BCUT2D eigenvalue weighted by atomic mass is 79.9. The van der Waals surface area contributed by atoms with Gasteiger partial charge in [-0.05, 0) is 69.8 Å². The molecule has 2 aromatic rings. The molecule has 0 aliphatic rings. The Morgan fingerprint density at radius 2 is 2.22 bits per heavy atom. The number of hydrogen-bond acceptors (Lipinski definition) is 5. The third kappa shape index (κ3) is 2.90. The van der Waals surface area contributed by atoms with Crippen LogP contribution in [0.3, 0.4) is 0 Å². The first-order valence-corrected chi connectivity index (χ1v) is 7.09. The molecule has 0 fully saturated rings. The summed E-state index contributed by atoms with van der Waals surface area (Å²) in [5, 5.41) is 15.4. The lowest BCUT2D eigenvalue weighted by atomic mass is 10.1. The van der Waals surface area contributed by atoms with E-state index in [1.54, 1.807) is 4.68 Å². The van der Waals surface area contributed by atoms with Crippen molar-refractivity contribution >= 4 is 27.7 Å². The topological polar surface area (TPSA) is 55.6 Å². The van der Waals surface area contributed by atoms with E-state index in [1.807, 2.05) is 14.1 Å². The number of nitrogens with zero attached hydrogens (tertiary/aromatic N) is 4. The van der Waals surface area contributed by atoms with E-state index >= 15 is 0 Å². The normalized spacial score (nSPS) is 12.7. The van der Waals surface area contributed by atoms with Crippen LogP contribution in [0.2, 0.25) is 0 Å². The summed E-state index contributed by atoms with van der Waals surface area (Å²) in [6, 6.07) is 6.63. The van der Waals surface area contributed by atoms with E-state index in [9.17, 15) is 0 Å². The number of benzene rings is 1. The summed E-state index contributed by atoms with van der Waals surface area (Å²) in [6.45, 7) is 2.13. The first kappa shape index (κ1) is 13.5. The molecule has 1 N–H and O–H groups in total. The van der Waals surface area contributed by atoms with Crippen molar-refractivity contribution in [3.05, 3.63) is 28.2 Å². The van der Waals surface area contributed by atoms with Crippen LogP contribution in [0.1, 0.15) is 18.5 Å². The summed E-state index contributed by atoms with van der Waals surface area (Å²) in [6.07, 6.45) is 0. The van der Waals surface area contributed by atoms with Crippen molar-refractivity contribution in [3.8, 4) is 0 Å². The van der Waals surface area contributed by atoms with Gasteiger partial charge >= 0.3 is 0 Å². The quantitative estimate of drug-likeness (QED) is 0.934. The Hall–Kier alpha value is -0.920. The van der Waals surface area contributed by atoms with Gasteiger partial charge in [-0.2, -0.15) is 0 Å². The summed E-state index contributed by atoms with van der Waals surface area (Å²) >= 11 is 5.12. The van der Waals surface area contributed by atoms with Crippen molar-refractivity contribution in [1.29, 1.82) is 0 Å². The molecule has 5 nitrogen and oxygen atoms in total. The maximum Gasteiger partial charge on any atom is 0.213 e. The first-order valence-electron chi connectivity index (χ1n) is 5.48. The van der Waals surface area contributed by atoms with Gasteiger partial charge in [0.15, 0.2) is 0 Å². The Balaban J connectivity index is 2.23. The molecule has 1 heterocycles. The fourth-order valence-corrected chi connectivity index (χ4v) is 2.82. The zero-order chi connectivity index (χ0) is 13.1. The van der Waals surface area contributed by atoms with Crippen LogP contribution >= 0.6 is 27.7 Å². The maximum absolute atomic E-state index is 3.96. The zero-order valence-corrected chi connectivity index (χ0v) is 12.8. The van der Waals surface area contributed by atoms with E-state index in [4.69, 9.17) is 0 Å². The first-order chi connectivity index (χ1) is 8.61. The second kappa shape index (κ2) is 5.81. The van der Waals surface area contributed by atoms with Crippen molar-refractivity contribution in [1.82, 2.24) is 25.5 Å². The molecule has 1 aromatic carbocycles. The third-order valence-corrected chi connectivity index (χ3v) is 4.69. The molecule has 0 saturated heterocycles. The van der Waals surface area contributed by atoms with Crippen LogP contribution in [0.4, 0.5) is 0 Å². The standard InChI is InChI=1S/C11H14BrN5S/c1-7(13-2)8-4-5-10(9(12)6-8)18-11-14-15-16-17(11)3/h4-7,13H,1-3H3. The van der Waals surface area contributed by atoms with Crippen molar-refractivity contribution in [2.24, 2.45) is 7.05 Å². The molecule has 1 aromatic heterocycles. The molecule has 7 heteroatoms. The van der Waals surface area contributed by atoms with Crippen molar-refractivity contribution in [2.75, 3.05) is 7.05 Å². The Bertz CT molecular complexity index is 542. The Labute approximate surface area is 118 Å². The van der Waals surface area contributed by atoms with Crippen LogP contribution in [0.5, 0.6) is 0 Å². The van der Waals surface area contributed by atoms with E-state index in [-0.39, 0.29) is 0 Å². The minimum Gasteiger partial charge on any atom is -0.313 e. The van der Waals surface area contributed by atoms with E-state index in [0.717, 1.165) is 14.5 Å². The van der Waals surface area contributed by atoms with Gasteiger partial charge in [-0.3, -0.25) is 0 Å². The largest absolute Gasteiger partial charge is 0.313 e. The summed E-state index contributed by atoms with van der Waals surface area (Å²) in [5.41, 5.74) is 1.24. The summed E-state index contributed by atoms with van der Waals surface area (Å²) in [5.74, 6) is 0. The number of nitrogens with one attached hydrogen (secondary N) is 1. The molecule has 1 unspecified atom stereocenters. The molecule has 0 aliphatic carbocycles. The second-order valence-electron chi connectivity index (χ2n) is 3.89. The lowest BCUT2D eigenvalue weighted by Gasteiger charge is -2.12. The van der Waals surface area contributed by atoms with Gasteiger partial charge in [0.1, 0.15) is 0 Å². The number of aryl methyl sites for hydroxylation is 1. The summed E-state index contributed by atoms with van der Waals surface area (Å²) in [7, 11) is 3.78. The molecule has 96 valence electrons. The van der Waals surface area contributed by atoms with Gasteiger partial charge in [0.05, 0.1) is 0 Å². The maximum atomic E-state index is 3.96. The highest BCUT2D eigenvalue weighted by molar-refractivity contribution is 9.10. The smallest absolute Gasteiger partial charge is 0.213 e. The Kier molecular flexibility index (Phi) is 4.36. The molecule has 0 amide bonds. The Morgan fingerprint density at radius 3 is 2.78 bits per heavy atom. The molecule has 0 aliphatic heterocycles. The predicted octanol–water partition coefficient (Wildman–Crippen LogP) is 2.40. The van der Waals surface area contributed by atoms with E-state index in [2.05, 4.69) is 61.9 Å². The van der Waals surface area contributed by atoms with Crippen LogP contribution in [0.15, 0.2) is 32.7 Å². The van der Waals surface area contributed by atoms with Crippen LogP contribution in [0.25, 0.3) is 0 Å². The third-order valence-electron chi connectivity index (χ3n) is 2.67. The second-order valence-corrected chi connectivity index (χ2v) is 5.75. The molecule has 0 spiro atoms. The van der Waals surface area contributed by atoms with Gasteiger partial charge in [0, 0.05) is 22.5 Å². The average molecular weight is 328 g/mol. The fraction of sp³-hybridized carbons (Fsp3) is 0.364. The average Bonchev–Trinajstić information content (AvgIpc) is 2.76. The van der Waals surface area contributed by atoms with Gasteiger partial charge in [-0.15, -0.1) is 5.10 Å². The molecule has 18 heavy (non-hydrogen) atoms. The minimum atomic E-state index is 0.330. The van der Waals surface area contributed by atoms with E-state index < -0.39 is 0 Å². The molecule has 0 bridgehead atoms. The zero-order valence-electron chi connectivity index (χ0n) is 10.4. The highest BCUT2D eigenvalue weighted by Crippen LogP contribution is 2.33. The molecule has 2 rings (SSSR count). The summed E-state index contributed by atoms with van der Waals surface area (Å²) < 4.78 is 2.71. The van der Waals surface area contributed by atoms with Gasteiger partial charge in [0.25, 0.3) is 0 Å². The fourth-order valence-electron chi connectivity index (χ4n) is 1.44. The number of rotatable bonds is 4. The van der Waals surface area contributed by atoms with Gasteiger partial charge < -0.3 is 5.32 Å². The minimum absolute atomic E-state index is 0.330. The Morgan fingerprint density at radius 1 is 1.44 bits per heavy atom. The molecular weight excluding hydrogens is 314 g/mol. The molecule has 0 radical (unpaired) electrons. The van der Waals surface area contributed by atoms with Gasteiger partial charge in [0.2, 0.25) is 5.16 Å². The number of halogens is 1. The van der Waals surface area contributed by atoms with Gasteiger partial charge in [-0.25, -0.2) is 4.68 Å².